The molecule has 3 heterocycles. The Morgan fingerprint density at radius 2 is 1.81 bits per heavy atom. The van der Waals surface area contributed by atoms with E-state index >= 15 is 0 Å². The maximum absolute atomic E-state index is 13.7. The van der Waals surface area contributed by atoms with Gasteiger partial charge in [-0.05, 0) is 60.9 Å². The second-order valence-electron chi connectivity index (χ2n) is 9.36. The summed E-state index contributed by atoms with van der Waals surface area (Å²) in [5.41, 5.74) is 3.91. The number of rotatable bonds is 5. The highest BCUT2D eigenvalue weighted by molar-refractivity contribution is 7.23. The smallest absolute Gasteiger partial charge is 0.260 e. The Hall–Kier alpha value is -3.26. The van der Waals surface area contributed by atoms with Gasteiger partial charge in [0.05, 0.1) is 22.9 Å². The molecule has 0 bridgehead atoms. The van der Waals surface area contributed by atoms with Crippen LogP contribution in [-0.2, 0) is 13.0 Å². The molecule has 5 aromatic rings. The lowest BCUT2D eigenvalue weighted by atomic mass is 10.0. The van der Waals surface area contributed by atoms with Gasteiger partial charge in [0.1, 0.15) is 15.8 Å². The molecule has 0 spiro atoms. The number of para-hydroxylation sites is 1. The highest BCUT2D eigenvalue weighted by atomic mass is 32.1. The normalized spacial score (nSPS) is 13.9. The number of amides is 1. The van der Waals surface area contributed by atoms with E-state index in [1.807, 2.05) is 54.6 Å². The van der Waals surface area contributed by atoms with Crippen molar-refractivity contribution in [2.75, 3.05) is 19.0 Å². The van der Waals surface area contributed by atoms with Crippen molar-refractivity contribution in [2.24, 2.45) is 0 Å². The number of hydrogen-bond donors (Lipinski definition) is 1. The fraction of sp³-hybridized carbons (Fsp3) is 0.241. The van der Waals surface area contributed by atoms with Crippen molar-refractivity contribution in [2.45, 2.75) is 32.9 Å². The molecule has 0 radical (unpaired) electrons. The second-order valence-corrected chi connectivity index (χ2v) is 11.5. The van der Waals surface area contributed by atoms with Crippen molar-refractivity contribution in [3.05, 3.63) is 76.7 Å². The molecule has 6 rings (SSSR count). The molecule has 36 heavy (non-hydrogen) atoms. The van der Waals surface area contributed by atoms with Crippen LogP contribution in [0, 0.1) is 0 Å². The van der Waals surface area contributed by atoms with Gasteiger partial charge in [-0.2, -0.15) is 0 Å². The zero-order valence-electron chi connectivity index (χ0n) is 20.5. The van der Waals surface area contributed by atoms with Crippen LogP contribution in [0.4, 0.5) is 5.00 Å². The lowest BCUT2D eigenvalue weighted by Crippen LogP contribution is -2.35. The van der Waals surface area contributed by atoms with Gasteiger partial charge in [0.15, 0.2) is 0 Å². The van der Waals surface area contributed by atoms with E-state index in [0.29, 0.717) is 17.4 Å². The van der Waals surface area contributed by atoms with Crippen molar-refractivity contribution in [3.63, 3.8) is 0 Å². The van der Waals surface area contributed by atoms with Gasteiger partial charge in [0.25, 0.3) is 5.91 Å². The molecule has 2 aromatic heterocycles. The molecule has 3 aromatic carbocycles. The van der Waals surface area contributed by atoms with Crippen molar-refractivity contribution in [1.29, 1.82) is 0 Å². The van der Waals surface area contributed by atoms with Crippen LogP contribution in [0.3, 0.4) is 0 Å². The Bertz CT molecular complexity index is 1570. The third-order valence-corrected chi connectivity index (χ3v) is 9.05. The van der Waals surface area contributed by atoms with Gasteiger partial charge in [-0.15, -0.1) is 22.7 Å². The standard InChI is InChI=1S/C29H27N3O2S2/c1-17(2)32-13-12-20-25(16-32)36-29(26(20)28-30-22-10-6-7-11-24(22)35-28)31-27(33)21-14-18-8-4-5-9-19(18)15-23(21)34-3/h4-11,14-15,17H,12-13,16H2,1-3H3,(H,31,33). The number of methoxy groups -OCH3 is 1. The summed E-state index contributed by atoms with van der Waals surface area (Å²) in [6, 6.07) is 20.5. The summed E-state index contributed by atoms with van der Waals surface area (Å²) < 4.78 is 6.77. The Balaban J connectivity index is 1.44. The highest BCUT2D eigenvalue weighted by Gasteiger charge is 2.29. The van der Waals surface area contributed by atoms with Crippen LogP contribution in [-0.4, -0.2) is 35.5 Å². The summed E-state index contributed by atoms with van der Waals surface area (Å²) >= 11 is 3.37. The van der Waals surface area contributed by atoms with E-state index in [9.17, 15) is 4.79 Å². The van der Waals surface area contributed by atoms with Crippen LogP contribution in [0.15, 0.2) is 60.7 Å². The van der Waals surface area contributed by atoms with Crippen LogP contribution >= 0.6 is 22.7 Å². The minimum absolute atomic E-state index is 0.167. The lowest BCUT2D eigenvalue weighted by Gasteiger charge is -2.30. The molecule has 1 amide bonds. The van der Waals surface area contributed by atoms with E-state index in [0.717, 1.165) is 56.1 Å². The maximum atomic E-state index is 13.7. The molecular formula is C29H27N3O2S2. The van der Waals surface area contributed by atoms with Crippen LogP contribution in [0.25, 0.3) is 31.6 Å². The summed E-state index contributed by atoms with van der Waals surface area (Å²) in [4.78, 5) is 22.4. The molecule has 0 fully saturated rings. The number of nitrogens with one attached hydrogen (secondary N) is 1. The van der Waals surface area contributed by atoms with E-state index in [1.165, 1.54) is 10.4 Å². The van der Waals surface area contributed by atoms with Crippen molar-refractivity contribution < 1.29 is 9.53 Å². The molecule has 1 aliphatic rings. The van der Waals surface area contributed by atoms with Crippen molar-refractivity contribution in [1.82, 2.24) is 9.88 Å². The number of nitrogens with zero attached hydrogens (tertiary/aromatic N) is 2. The highest BCUT2D eigenvalue weighted by Crippen LogP contribution is 2.46. The number of aromatic nitrogens is 1. The van der Waals surface area contributed by atoms with Gasteiger partial charge in [0, 0.05) is 29.6 Å². The van der Waals surface area contributed by atoms with Crippen molar-refractivity contribution in [3.8, 4) is 16.3 Å². The maximum Gasteiger partial charge on any atom is 0.260 e. The van der Waals surface area contributed by atoms with Gasteiger partial charge in [-0.1, -0.05) is 36.4 Å². The van der Waals surface area contributed by atoms with Gasteiger partial charge in [0.2, 0.25) is 0 Å². The molecule has 0 atom stereocenters. The van der Waals surface area contributed by atoms with E-state index in [2.05, 4.69) is 30.1 Å². The fourth-order valence-corrected chi connectivity index (χ4v) is 7.27. The number of carbonyl (C=O) groups is 1. The molecule has 0 unspecified atom stereocenters. The van der Waals surface area contributed by atoms with Crippen LogP contribution in [0.1, 0.15) is 34.6 Å². The van der Waals surface area contributed by atoms with Gasteiger partial charge in [-0.25, -0.2) is 4.98 Å². The topological polar surface area (TPSA) is 54.5 Å². The fourth-order valence-electron chi connectivity index (χ4n) is 4.89. The SMILES string of the molecule is COc1cc2ccccc2cc1C(=O)Nc1sc2c(c1-c1nc3ccccc3s1)CCN(C(C)C)C2. The number of anilines is 1. The Kier molecular flexibility index (Phi) is 5.99. The van der Waals surface area contributed by atoms with E-state index in [4.69, 9.17) is 9.72 Å². The number of carbonyl (C=O) groups excluding carboxylic acids is 1. The van der Waals surface area contributed by atoms with Crippen LogP contribution in [0.5, 0.6) is 5.75 Å². The molecule has 1 N–H and O–H groups in total. The molecule has 0 aliphatic carbocycles. The first kappa shape index (κ1) is 23.2. The van der Waals surface area contributed by atoms with Crippen LogP contribution in [0.2, 0.25) is 0 Å². The predicted molar refractivity (Wildman–Crippen MR) is 151 cm³/mol. The molecule has 7 heteroatoms. The largest absolute Gasteiger partial charge is 0.496 e. The summed E-state index contributed by atoms with van der Waals surface area (Å²) in [6.07, 6.45) is 0.949. The third kappa shape index (κ3) is 4.07. The number of thiazole rings is 1. The molecule has 1 aliphatic heterocycles. The number of thiophene rings is 1. The van der Waals surface area contributed by atoms with Gasteiger partial charge < -0.3 is 10.1 Å². The Labute approximate surface area is 218 Å². The van der Waals surface area contributed by atoms with Crippen molar-refractivity contribution >= 4 is 54.6 Å². The minimum Gasteiger partial charge on any atom is -0.496 e. The van der Waals surface area contributed by atoms with Gasteiger partial charge >= 0.3 is 0 Å². The first-order valence-corrected chi connectivity index (χ1v) is 13.8. The number of benzene rings is 3. The average molecular weight is 514 g/mol. The second kappa shape index (κ2) is 9.32. The van der Waals surface area contributed by atoms with Crippen LogP contribution < -0.4 is 10.1 Å². The summed E-state index contributed by atoms with van der Waals surface area (Å²) in [5.74, 6) is 0.402. The molecule has 182 valence electrons. The molecule has 0 saturated heterocycles. The number of hydrogen-bond acceptors (Lipinski definition) is 6. The predicted octanol–water partition coefficient (Wildman–Crippen LogP) is 7.21. The third-order valence-electron chi connectivity index (χ3n) is 6.86. The lowest BCUT2D eigenvalue weighted by molar-refractivity contribution is 0.102. The summed E-state index contributed by atoms with van der Waals surface area (Å²) in [7, 11) is 1.61. The Morgan fingerprint density at radius 3 is 2.56 bits per heavy atom. The van der Waals surface area contributed by atoms with Gasteiger partial charge in [-0.3, -0.25) is 9.69 Å². The minimum atomic E-state index is -0.167. The first-order chi connectivity index (χ1) is 17.5. The Morgan fingerprint density at radius 1 is 1.06 bits per heavy atom. The first-order valence-electron chi connectivity index (χ1n) is 12.1. The van der Waals surface area contributed by atoms with E-state index in [1.54, 1.807) is 29.8 Å². The number of fused-ring (bicyclic) bond motifs is 3. The monoisotopic (exact) mass is 513 g/mol. The zero-order valence-corrected chi connectivity index (χ0v) is 22.1. The number of ether oxygens (including phenoxy) is 1. The van der Waals surface area contributed by atoms with E-state index in [-0.39, 0.29) is 5.91 Å². The van der Waals surface area contributed by atoms with E-state index < -0.39 is 0 Å². The quantitative estimate of drug-likeness (QED) is 0.270. The molecular weight excluding hydrogens is 486 g/mol. The molecule has 5 nitrogen and oxygen atoms in total. The zero-order chi connectivity index (χ0) is 24.8. The summed E-state index contributed by atoms with van der Waals surface area (Å²) in [5, 5.41) is 7.14. The summed E-state index contributed by atoms with van der Waals surface area (Å²) in [6.45, 7) is 6.37. The molecule has 0 saturated carbocycles. The average Bonchev–Trinajstić information content (AvgIpc) is 3.47.